The fourth-order valence-electron chi connectivity index (χ4n) is 3.39. The highest BCUT2D eigenvalue weighted by Crippen LogP contribution is 2.42. The quantitative estimate of drug-likeness (QED) is 0.889. The molecule has 1 aromatic heterocycles. The molecular weight excluding hydrogens is 238 g/mol. The minimum Gasteiger partial charge on any atom is -0.376 e. The normalized spacial score (nSPS) is 29.4. The molecule has 2 rings (SSSR count). The van der Waals surface area contributed by atoms with Crippen molar-refractivity contribution in [2.75, 3.05) is 14.2 Å². The maximum atomic E-state index is 6.00. The summed E-state index contributed by atoms with van der Waals surface area (Å²) in [5, 5.41) is 7.87. The molecule has 0 aromatic carbocycles. The van der Waals surface area contributed by atoms with Gasteiger partial charge in [0.1, 0.15) is 0 Å². The van der Waals surface area contributed by atoms with Gasteiger partial charge >= 0.3 is 0 Å². The van der Waals surface area contributed by atoms with Crippen LogP contribution in [0.1, 0.15) is 51.3 Å². The Morgan fingerprint density at radius 3 is 2.74 bits per heavy atom. The van der Waals surface area contributed by atoms with E-state index < -0.39 is 0 Å². The Labute approximate surface area is 116 Å². The Morgan fingerprint density at radius 1 is 1.53 bits per heavy atom. The first-order valence-electron chi connectivity index (χ1n) is 7.41. The smallest absolute Gasteiger partial charge is 0.0887 e. The van der Waals surface area contributed by atoms with E-state index in [-0.39, 0.29) is 11.6 Å². The number of likely N-dealkylation sites (N-methyl/N-ethyl adjacent to an activating group) is 1. The number of aryl methyl sites for hydroxylation is 1. The highest BCUT2D eigenvalue weighted by Gasteiger charge is 2.42. The van der Waals surface area contributed by atoms with E-state index in [9.17, 15) is 0 Å². The van der Waals surface area contributed by atoms with Crippen LogP contribution in [0.2, 0.25) is 0 Å². The van der Waals surface area contributed by atoms with Crippen molar-refractivity contribution >= 4 is 0 Å². The summed E-state index contributed by atoms with van der Waals surface area (Å²) in [4.78, 5) is 0. The van der Waals surface area contributed by atoms with Crippen LogP contribution in [0.3, 0.4) is 0 Å². The van der Waals surface area contributed by atoms with Gasteiger partial charge in [0, 0.05) is 19.9 Å². The van der Waals surface area contributed by atoms with Crippen LogP contribution in [-0.2, 0) is 11.3 Å². The zero-order valence-electron chi connectivity index (χ0n) is 12.6. The minimum atomic E-state index is -0.0891. The number of rotatable bonds is 5. The summed E-state index contributed by atoms with van der Waals surface area (Å²) in [6.07, 6.45) is 6.60. The topological polar surface area (TPSA) is 39.1 Å². The SMILES string of the molecule is CCn1nccc1C(NC)C1(OC)CCC(C)CC1. The Kier molecular flexibility index (Phi) is 4.63. The Morgan fingerprint density at radius 2 is 2.21 bits per heavy atom. The molecule has 0 amide bonds. The van der Waals surface area contributed by atoms with E-state index in [0.717, 1.165) is 25.3 Å². The summed E-state index contributed by atoms with van der Waals surface area (Å²) >= 11 is 0. The van der Waals surface area contributed by atoms with Gasteiger partial charge in [-0.25, -0.2) is 0 Å². The van der Waals surface area contributed by atoms with Crippen molar-refractivity contribution in [2.24, 2.45) is 5.92 Å². The lowest BCUT2D eigenvalue weighted by molar-refractivity contribution is -0.0762. The van der Waals surface area contributed by atoms with Gasteiger partial charge in [-0.15, -0.1) is 0 Å². The molecule has 4 heteroatoms. The van der Waals surface area contributed by atoms with Gasteiger partial charge in [-0.05, 0) is 51.6 Å². The average Bonchev–Trinajstić information content (AvgIpc) is 2.90. The van der Waals surface area contributed by atoms with Gasteiger partial charge < -0.3 is 10.1 Å². The molecule has 0 bridgehead atoms. The van der Waals surface area contributed by atoms with Gasteiger partial charge in [0.25, 0.3) is 0 Å². The third-order valence-electron chi connectivity index (χ3n) is 4.69. The molecule has 0 saturated heterocycles. The maximum Gasteiger partial charge on any atom is 0.0887 e. The molecule has 0 radical (unpaired) electrons. The average molecular weight is 265 g/mol. The molecule has 1 aromatic rings. The van der Waals surface area contributed by atoms with Crippen LogP contribution < -0.4 is 5.32 Å². The molecule has 0 aliphatic heterocycles. The first kappa shape index (κ1) is 14.5. The molecule has 1 heterocycles. The number of ether oxygens (including phenoxy) is 1. The van der Waals surface area contributed by atoms with Crippen LogP contribution >= 0.6 is 0 Å². The second-order valence-corrected chi connectivity index (χ2v) is 5.74. The lowest BCUT2D eigenvalue weighted by atomic mass is 9.74. The zero-order chi connectivity index (χ0) is 13.9. The predicted molar refractivity (Wildman–Crippen MR) is 77.1 cm³/mol. The van der Waals surface area contributed by atoms with Gasteiger partial charge in [0.2, 0.25) is 0 Å². The van der Waals surface area contributed by atoms with Crippen molar-refractivity contribution in [3.63, 3.8) is 0 Å². The minimum absolute atomic E-state index is 0.0891. The monoisotopic (exact) mass is 265 g/mol. The molecule has 19 heavy (non-hydrogen) atoms. The standard InChI is InChI=1S/C15H27N3O/c1-5-18-13(8-11-17-18)14(16-3)15(19-4)9-6-12(2)7-10-15/h8,11-12,14,16H,5-7,9-10H2,1-4H3. The molecule has 1 aliphatic carbocycles. The summed E-state index contributed by atoms with van der Waals surface area (Å²) in [5.74, 6) is 0.817. The van der Waals surface area contributed by atoms with Crippen molar-refractivity contribution < 1.29 is 4.74 Å². The summed E-state index contributed by atoms with van der Waals surface area (Å²) < 4.78 is 8.07. The van der Waals surface area contributed by atoms with E-state index >= 15 is 0 Å². The zero-order valence-corrected chi connectivity index (χ0v) is 12.6. The molecule has 1 aliphatic rings. The molecule has 108 valence electrons. The molecule has 4 nitrogen and oxygen atoms in total. The van der Waals surface area contributed by atoms with Crippen molar-refractivity contribution in [2.45, 2.75) is 57.7 Å². The van der Waals surface area contributed by atoms with Crippen LogP contribution in [0.25, 0.3) is 0 Å². The highest BCUT2D eigenvalue weighted by molar-refractivity contribution is 5.14. The lowest BCUT2D eigenvalue weighted by Crippen LogP contribution is -2.47. The van der Waals surface area contributed by atoms with Crippen LogP contribution in [0.15, 0.2) is 12.3 Å². The lowest BCUT2D eigenvalue weighted by Gasteiger charge is -2.44. The third kappa shape index (κ3) is 2.70. The fourth-order valence-corrected chi connectivity index (χ4v) is 3.39. The predicted octanol–water partition coefficient (Wildman–Crippen LogP) is 2.76. The van der Waals surface area contributed by atoms with Crippen molar-refractivity contribution in [1.29, 1.82) is 0 Å². The third-order valence-corrected chi connectivity index (χ3v) is 4.69. The largest absolute Gasteiger partial charge is 0.376 e. The van der Waals surface area contributed by atoms with Gasteiger partial charge in [-0.1, -0.05) is 6.92 Å². The first-order valence-corrected chi connectivity index (χ1v) is 7.41. The molecule has 1 saturated carbocycles. The van der Waals surface area contributed by atoms with Crippen LogP contribution in [0.4, 0.5) is 0 Å². The van der Waals surface area contributed by atoms with E-state index in [2.05, 4.69) is 35.0 Å². The van der Waals surface area contributed by atoms with E-state index in [0.29, 0.717) is 0 Å². The number of hydrogen-bond acceptors (Lipinski definition) is 3. The molecule has 1 fully saturated rings. The van der Waals surface area contributed by atoms with Crippen molar-refractivity contribution in [1.82, 2.24) is 15.1 Å². The van der Waals surface area contributed by atoms with Crippen LogP contribution in [-0.4, -0.2) is 29.5 Å². The second-order valence-electron chi connectivity index (χ2n) is 5.74. The molecular formula is C15H27N3O. The van der Waals surface area contributed by atoms with Gasteiger partial charge in [-0.3, -0.25) is 4.68 Å². The summed E-state index contributed by atoms with van der Waals surface area (Å²) in [5.41, 5.74) is 1.15. The summed E-state index contributed by atoms with van der Waals surface area (Å²) in [7, 11) is 3.88. The Hall–Kier alpha value is -0.870. The van der Waals surface area contributed by atoms with Crippen molar-refractivity contribution in [3.05, 3.63) is 18.0 Å². The van der Waals surface area contributed by atoms with Crippen LogP contribution in [0, 0.1) is 5.92 Å². The van der Waals surface area contributed by atoms with Gasteiger partial charge in [0.15, 0.2) is 0 Å². The highest BCUT2D eigenvalue weighted by atomic mass is 16.5. The molecule has 1 N–H and O–H groups in total. The Balaban J connectivity index is 2.28. The van der Waals surface area contributed by atoms with E-state index in [1.54, 1.807) is 0 Å². The van der Waals surface area contributed by atoms with Gasteiger partial charge in [0.05, 0.1) is 17.3 Å². The number of nitrogens with zero attached hydrogens (tertiary/aromatic N) is 2. The van der Waals surface area contributed by atoms with E-state index in [4.69, 9.17) is 4.74 Å². The molecule has 1 unspecified atom stereocenters. The maximum absolute atomic E-state index is 6.00. The van der Waals surface area contributed by atoms with Crippen molar-refractivity contribution in [3.8, 4) is 0 Å². The number of aromatic nitrogens is 2. The molecule has 0 spiro atoms. The van der Waals surface area contributed by atoms with E-state index in [1.165, 1.54) is 18.5 Å². The summed E-state index contributed by atoms with van der Waals surface area (Å²) in [6.45, 7) is 5.37. The number of methoxy groups -OCH3 is 1. The van der Waals surface area contributed by atoms with E-state index in [1.807, 2.05) is 20.4 Å². The van der Waals surface area contributed by atoms with Gasteiger partial charge in [-0.2, -0.15) is 5.10 Å². The molecule has 1 atom stereocenters. The number of hydrogen-bond donors (Lipinski definition) is 1. The summed E-state index contributed by atoms with van der Waals surface area (Å²) in [6, 6.07) is 2.33. The number of nitrogens with one attached hydrogen (secondary N) is 1. The fraction of sp³-hybridized carbons (Fsp3) is 0.800. The first-order chi connectivity index (χ1) is 9.16. The second kappa shape index (κ2) is 6.06. The Bertz CT molecular complexity index is 394. The van der Waals surface area contributed by atoms with Crippen LogP contribution in [0.5, 0.6) is 0 Å².